The molecule has 178 valence electrons. The van der Waals surface area contributed by atoms with Crippen LogP contribution >= 0.6 is 0 Å². The fraction of sp³-hybridized carbons (Fsp3) is 0.222. The Kier molecular flexibility index (Phi) is 5.88. The number of para-hydroxylation sites is 1. The molecule has 2 aromatic heterocycles. The van der Waals surface area contributed by atoms with Crippen LogP contribution in [-0.2, 0) is 6.18 Å². The molecule has 0 aliphatic carbocycles. The number of aromatic nitrogens is 2. The van der Waals surface area contributed by atoms with E-state index in [1.54, 1.807) is 4.90 Å². The van der Waals surface area contributed by atoms with Gasteiger partial charge in [0.25, 0.3) is 5.91 Å². The molecule has 0 N–H and O–H groups in total. The van der Waals surface area contributed by atoms with Gasteiger partial charge >= 0.3 is 6.18 Å². The van der Waals surface area contributed by atoms with Gasteiger partial charge < -0.3 is 9.80 Å². The minimum absolute atomic E-state index is 0.0861. The van der Waals surface area contributed by atoms with E-state index in [4.69, 9.17) is 4.98 Å². The van der Waals surface area contributed by atoms with Crippen molar-refractivity contribution in [1.82, 2.24) is 14.9 Å². The summed E-state index contributed by atoms with van der Waals surface area (Å²) in [6.07, 6.45) is -3.57. The van der Waals surface area contributed by atoms with Gasteiger partial charge in [-0.1, -0.05) is 48.0 Å². The molecule has 1 aliphatic heterocycles. The predicted molar refractivity (Wildman–Crippen MR) is 129 cm³/mol. The largest absolute Gasteiger partial charge is 0.417 e. The van der Waals surface area contributed by atoms with Crippen molar-refractivity contribution in [2.24, 2.45) is 0 Å². The number of alkyl halides is 3. The molecule has 1 saturated heterocycles. The Morgan fingerprint density at radius 3 is 2.29 bits per heavy atom. The Bertz CT molecular complexity index is 1360. The number of aryl methyl sites for hydroxylation is 1. The lowest BCUT2D eigenvalue weighted by atomic mass is 10.0. The Labute approximate surface area is 200 Å². The molecular weight excluding hydrogens is 453 g/mol. The third kappa shape index (κ3) is 4.69. The summed E-state index contributed by atoms with van der Waals surface area (Å²) in [6.45, 7) is 3.87. The predicted octanol–water partition coefficient (Wildman–Crippen LogP) is 5.59. The Balaban J connectivity index is 1.37. The van der Waals surface area contributed by atoms with Gasteiger partial charge in [-0.2, -0.15) is 13.2 Å². The summed E-state index contributed by atoms with van der Waals surface area (Å²) in [5.41, 5.74) is 3.39. The number of hydrogen-bond donors (Lipinski definition) is 0. The van der Waals surface area contributed by atoms with E-state index < -0.39 is 11.7 Å². The zero-order chi connectivity index (χ0) is 24.6. The van der Waals surface area contributed by atoms with E-state index in [-0.39, 0.29) is 5.91 Å². The number of amides is 1. The first-order chi connectivity index (χ1) is 16.8. The number of halogens is 3. The lowest BCUT2D eigenvalue weighted by molar-refractivity contribution is -0.137. The Morgan fingerprint density at radius 2 is 1.63 bits per heavy atom. The number of pyridine rings is 2. The van der Waals surface area contributed by atoms with E-state index in [2.05, 4.69) is 4.98 Å². The maximum absolute atomic E-state index is 13.6. The lowest BCUT2D eigenvalue weighted by Gasteiger charge is -2.35. The standard InChI is InChI=1S/C27H23F3N4O/c1-18-6-8-19(9-7-18)24-16-22(21-4-2-3-5-23(21)32-24)26(35)34-14-12-33(13-15-34)25-11-10-20(17-31-25)27(28,29)30/h2-11,16-17H,12-15H2,1H3. The topological polar surface area (TPSA) is 49.3 Å². The molecule has 0 radical (unpaired) electrons. The first-order valence-corrected chi connectivity index (χ1v) is 11.3. The van der Waals surface area contributed by atoms with Crippen LogP contribution in [0.15, 0.2) is 72.9 Å². The summed E-state index contributed by atoms with van der Waals surface area (Å²) < 4.78 is 38.5. The normalized spacial score (nSPS) is 14.4. The Morgan fingerprint density at radius 1 is 0.914 bits per heavy atom. The van der Waals surface area contributed by atoms with Crippen LogP contribution in [0.3, 0.4) is 0 Å². The highest BCUT2D eigenvalue weighted by Crippen LogP contribution is 2.30. The average molecular weight is 477 g/mol. The molecular formula is C27H23F3N4O. The number of benzene rings is 2. The molecule has 35 heavy (non-hydrogen) atoms. The molecule has 0 spiro atoms. The van der Waals surface area contributed by atoms with Crippen LogP contribution in [-0.4, -0.2) is 47.0 Å². The average Bonchev–Trinajstić information content (AvgIpc) is 2.88. The van der Waals surface area contributed by atoms with E-state index in [9.17, 15) is 18.0 Å². The fourth-order valence-corrected chi connectivity index (χ4v) is 4.27. The van der Waals surface area contributed by atoms with E-state index in [1.807, 2.05) is 66.4 Å². The smallest absolute Gasteiger partial charge is 0.353 e. The third-order valence-corrected chi connectivity index (χ3v) is 6.26. The molecule has 5 rings (SSSR count). The number of hydrogen-bond acceptors (Lipinski definition) is 4. The first-order valence-electron chi connectivity index (χ1n) is 11.3. The van der Waals surface area contributed by atoms with Crippen LogP contribution in [0.2, 0.25) is 0 Å². The highest BCUT2D eigenvalue weighted by atomic mass is 19.4. The molecule has 0 bridgehead atoms. The van der Waals surface area contributed by atoms with E-state index in [0.29, 0.717) is 37.6 Å². The van der Waals surface area contributed by atoms with Gasteiger partial charge in [0.05, 0.1) is 22.3 Å². The van der Waals surface area contributed by atoms with E-state index in [1.165, 1.54) is 6.07 Å². The van der Waals surface area contributed by atoms with Crippen LogP contribution in [0.5, 0.6) is 0 Å². The van der Waals surface area contributed by atoms with Crippen molar-refractivity contribution in [2.45, 2.75) is 13.1 Å². The van der Waals surface area contributed by atoms with Crippen molar-refractivity contribution >= 4 is 22.6 Å². The maximum Gasteiger partial charge on any atom is 0.417 e. The monoisotopic (exact) mass is 476 g/mol. The number of rotatable bonds is 3. The second-order valence-corrected chi connectivity index (χ2v) is 8.62. The number of nitrogens with zero attached hydrogens (tertiary/aromatic N) is 4. The lowest BCUT2D eigenvalue weighted by Crippen LogP contribution is -2.49. The number of carbonyl (C=O) groups excluding carboxylic acids is 1. The van der Waals surface area contributed by atoms with Gasteiger partial charge in [0.1, 0.15) is 5.82 Å². The van der Waals surface area contributed by atoms with E-state index >= 15 is 0 Å². The number of fused-ring (bicyclic) bond motifs is 1. The van der Waals surface area contributed by atoms with Gasteiger partial charge in [-0.25, -0.2) is 9.97 Å². The molecule has 5 nitrogen and oxygen atoms in total. The zero-order valence-corrected chi connectivity index (χ0v) is 19.1. The minimum Gasteiger partial charge on any atom is -0.353 e. The molecule has 4 aromatic rings. The minimum atomic E-state index is -4.42. The van der Waals surface area contributed by atoms with Gasteiger partial charge in [0.15, 0.2) is 0 Å². The van der Waals surface area contributed by atoms with Crippen molar-refractivity contribution in [3.8, 4) is 11.3 Å². The molecule has 0 atom stereocenters. The van der Waals surface area contributed by atoms with Crippen molar-refractivity contribution in [1.29, 1.82) is 0 Å². The molecule has 0 unspecified atom stereocenters. The number of piperazine rings is 1. The van der Waals surface area contributed by atoms with Crippen LogP contribution in [0.4, 0.5) is 19.0 Å². The maximum atomic E-state index is 13.6. The van der Waals surface area contributed by atoms with Crippen LogP contribution in [0, 0.1) is 6.92 Å². The summed E-state index contributed by atoms with van der Waals surface area (Å²) in [6, 6.07) is 19.9. The van der Waals surface area contributed by atoms with Crippen molar-refractivity contribution in [3.63, 3.8) is 0 Å². The quantitative estimate of drug-likeness (QED) is 0.387. The molecule has 1 fully saturated rings. The van der Waals surface area contributed by atoms with Crippen LogP contribution < -0.4 is 4.90 Å². The molecule has 2 aromatic carbocycles. The van der Waals surface area contributed by atoms with Crippen LogP contribution in [0.25, 0.3) is 22.2 Å². The van der Waals surface area contributed by atoms with Crippen molar-refractivity contribution < 1.29 is 18.0 Å². The zero-order valence-electron chi connectivity index (χ0n) is 19.1. The van der Waals surface area contributed by atoms with Gasteiger partial charge in [-0.15, -0.1) is 0 Å². The van der Waals surface area contributed by atoms with Gasteiger partial charge in [-0.05, 0) is 31.2 Å². The molecule has 1 amide bonds. The molecule has 3 heterocycles. The summed E-state index contributed by atoms with van der Waals surface area (Å²) in [7, 11) is 0. The van der Waals surface area contributed by atoms with Gasteiger partial charge in [0.2, 0.25) is 0 Å². The molecule has 1 aliphatic rings. The first kappa shape index (κ1) is 22.8. The summed E-state index contributed by atoms with van der Waals surface area (Å²) in [5, 5.41) is 0.792. The highest BCUT2D eigenvalue weighted by Gasteiger charge is 2.31. The van der Waals surface area contributed by atoms with Crippen molar-refractivity contribution in [3.05, 3.63) is 89.6 Å². The fourth-order valence-electron chi connectivity index (χ4n) is 4.27. The van der Waals surface area contributed by atoms with E-state index in [0.717, 1.165) is 40.0 Å². The number of carbonyl (C=O) groups is 1. The summed E-state index contributed by atoms with van der Waals surface area (Å²) in [5.74, 6) is 0.387. The second-order valence-electron chi connectivity index (χ2n) is 8.62. The second kappa shape index (κ2) is 9.02. The molecule has 8 heteroatoms. The summed E-state index contributed by atoms with van der Waals surface area (Å²) in [4.78, 5) is 26.0. The SMILES string of the molecule is Cc1ccc(-c2cc(C(=O)N3CCN(c4ccc(C(F)(F)F)cn4)CC3)c3ccccc3n2)cc1. The van der Waals surface area contributed by atoms with Crippen LogP contribution in [0.1, 0.15) is 21.5 Å². The van der Waals surface area contributed by atoms with Gasteiger partial charge in [0, 0.05) is 43.3 Å². The molecule has 0 saturated carbocycles. The summed E-state index contributed by atoms with van der Waals surface area (Å²) >= 11 is 0. The highest BCUT2D eigenvalue weighted by molar-refractivity contribution is 6.07. The van der Waals surface area contributed by atoms with Gasteiger partial charge in [-0.3, -0.25) is 4.79 Å². The van der Waals surface area contributed by atoms with Crippen molar-refractivity contribution in [2.75, 3.05) is 31.1 Å². The number of anilines is 1. The Hall–Kier alpha value is -3.94. The third-order valence-electron chi connectivity index (χ3n) is 6.26.